The van der Waals surface area contributed by atoms with Crippen molar-refractivity contribution >= 4 is 17.5 Å². The largest absolute Gasteiger partial charge is 0.380 e. The molecule has 0 heterocycles. The van der Waals surface area contributed by atoms with Gasteiger partial charge in [0.25, 0.3) is 0 Å². The van der Waals surface area contributed by atoms with E-state index in [0.29, 0.717) is 18.2 Å². The fraction of sp³-hybridized carbons (Fsp3) is 0.556. The zero-order chi connectivity index (χ0) is 16.7. The highest BCUT2D eigenvalue weighted by atomic mass is 16.5. The highest BCUT2D eigenvalue weighted by molar-refractivity contribution is 6.39. The highest BCUT2D eigenvalue weighted by Gasteiger charge is 2.24. The van der Waals surface area contributed by atoms with Crippen LogP contribution in [0.5, 0.6) is 0 Å². The monoisotopic (exact) mass is 318 g/mol. The van der Waals surface area contributed by atoms with Crippen LogP contribution in [0.3, 0.4) is 0 Å². The number of nitrogens with one attached hydrogen (secondary N) is 2. The Morgan fingerprint density at radius 1 is 1.22 bits per heavy atom. The van der Waals surface area contributed by atoms with E-state index in [-0.39, 0.29) is 6.04 Å². The van der Waals surface area contributed by atoms with E-state index in [1.54, 1.807) is 13.2 Å². The number of carbonyl (C=O) groups excluding carboxylic acids is 2. The Bertz CT molecular complexity index is 545. The molecule has 0 aromatic heterocycles. The first kappa shape index (κ1) is 17.5. The van der Waals surface area contributed by atoms with E-state index >= 15 is 0 Å². The van der Waals surface area contributed by atoms with Crippen LogP contribution in [0.15, 0.2) is 24.3 Å². The number of rotatable bonds is 5. The first-order chi connectivity index (χ1) is 11.1. The summed E-state index contributed by atoms with van der Waals surface area (Å²) in [6, 6.07) is 7.44. The van der Waals surface area contributed by atoms with Crippen molar-refractivity contribution in [1.29, 1.82) is 0 Å². The van der Waals surface area contributed by atoms with Crippen molar-refractivity contribution in [2.45, 2.75) is 51.7 Å². The maximum Gasteiger partial charge on any atom is 0.313 e. The molecule has 23 heavy (non-hydrogen) atoms. The molecule has 0 unspecified atom stereocenters. The molecule has 1 aliphatic rings. The zero-order valence-electron chi connectivity index (χ0n) is 13.9. The number of amides is 2. The minimum Gasteiger partial charge on any atom is -0.380 e. The summed E-state index contributed by atoms with van der Waals surface area (Å²) in [6.07, 6.45) is 5.38. The van der Waals surface area contributed by atoms with Gasteiger partial charge in [-0.25, -0.2) is 0 Å². The van der Waals surface area contributed by atoms with Crippen molar-refractivity contribution in [3.63, 3.8) is 0 Å². The Hall–Kier alpha value is -1.88. The van der Waals surface area contributed by atoms with Crippen LogP contribution in [0, 0.1) is 5.92 Å². The molecule has 2 N–H and O–H groups in total. The van der Waals surface area contributed by atoms with Gasteiger partial charge in [0.15, 0.2) is 0 Å². The molecule has 0 aliphatic heterocycles. The van der Waals surface area contributed by atoms with Crippen LogP contribution >= 0.6 is 0 Å². The van der Waals surface area contributed by atoms with Gasteiger partial charge in [0.1, 0.15) is 0 Å². The van der Waals surface area contributed by atoms with Gasteiger partial charge in [-0.1, -0.05) is 44.4 Å². The van der Waals surface area contributed by atoms with E-state index in [0.717, 1.165) is 31.2 Å². The lowest BCUT2D eigenvalue weighted by Crippen LogP contribution is -2.43. The average Bonchev–Trinajstić information content (AvgIpc) is 2.57. The zero-order valence-corrected chi connectivity index (χ0v) is 13.9. The van der Waals surface area contributed by atoms with Gasteiger partial charge in [0, 0.05) is 24.4 Å². The summed E-state index contributed by atoms with van der Waals surface area (Å²) in [4.78, 5) is 24.3. The minimum atomic E-state index is -0.618. The molecule has 0 saturated heterocycles. The predicted molar refractivity (Wildman–Crippen MR) is 90.0 cm³/mol. The lowest BCUT2D eigenvalue weighted by Gasteiger charge is -2.28. The summed E-state index contributed by atoms with van der Waals surface area (Å²) >= 11 is 0. The fourth-order valence-electron chi connectivity index (χ4n) is 3.15. The maximum absolute atomic E-state index is 12.1. The quantitative estimate of drug-likeness (QED) is 0.820. The third-order valence-electron chi connectivity index (χ3n) is 4.47. The van der Waals surface area contributed by atoms with Crippen LogP contribution in [-0.2, 0) is 20.9 Å². The lowest BCUT2D eigenvalue weighted by molar-refractivity contribution is -0.136. The first-order valence-electron chi connectivity index (χ1n) is 8.32. The lowest BCUT2D eigenvalue weighted by atomic mass is 9.84. The third kappa shape index (κ3) is 5.06. The molecule has 5 heteroatoms. The molecule has 5 nitrogen and oxygen atoms in total. The van der Waals surface area contributed by atoms with Gasteiger partial charge >= 0.3 is 11.8 Å². The van der Waals surface area contributed by atoms with Crippen LogP contribution in [0.2, 0.25) is 0 Å². The number of hydrogen-bond acceptors (Lipinski definition) is 3. The summed E-state index contributed by atoms with van der Waals surface area (Å²) in [5, 5.41) is 5.55. The topological polar surface area (TPSA) is 67.4 Å². The summed E-state index contributed by atoms with van der Waals surface area (Å²) in [5.74, 6) is -0.523. The van der Waals surface area contributed by atoms with Crippen molar-refractivity contribution < 1.29 is 14.3 Å². The molecule has 1 fully saturated rings. The van der Waals surface area contributed by atoms with Gasteiger partial charge in [-0.05, 0) is 24.8 Å². The molecular weight excluding hydrogens is 292 g/mol. The number of benzene rings is 1. The summed E-state index contributed by atoms with van der Waals surface area (Å²) in [6.45, 7) is 2.56. The molecule has 2 atom stereocenters. The van der Waals surface area contributed by atoms with Crippen molar-refractivity contribution in [2.24, 2.45) is 5.92 Å². The van der Waals surface area contributed by atoms with Gasteiger partial charge in [0.05, 0.1) is 6.61 Å². The predicted octanol–water partition coefficient (Wildman–Crippen LogP) is 2.86. The Labute approximate surface area is 137 Å². The van der Waals surface area contributed by atoms with E-state index in [1.165, 1.54) is 6.42 Å². The normalized spacial score (nSPS) is 20.8. The Morgan fingerprint density at radius 3 is 2.74 bits per heavy atom. The molecule has 1 aromatic carbocycles. The first-order valence-corrected chi connectivity index (χ1v) is 8.32. The standard InChI is InChI=1S/C18H26N2O3/c1-3-13-7-6-9-15(11-13)19-17(21)18(22)20-16-10-5-4-8-14(16)12-23-2/h4-5,8,10,13,15H,3,6-7,9,11-12H2,1-2H3,(H,19,21)(H,20,22)/t13-,15+/m1/s1. The number of methoxy groups -OCH3 is 1. The van der Waals surface area contributed by atoms with E-state index in [1.807, 2.05) is 18.2 Å². The van der Waals surface area contributed by atoms with Gasteiger partial charge < -0.3 is 15.4 Å². The number of ether oxygens (including phenoxy) is 1. The average molecular weight is 318 g/mol. The Kier molecular flexibility index (Phi) is 6.59. The SMILES string of the molecule is CC[C@@H]1CCC[C@H](NC(=O)C(=O)Nc2ccccc2COC)C1. The van der Waals surface area contributed by atoms with Gasteiger partial charge in [-0.2, -0.15) is 0 Å². The second kappa shape index (κ2) is 8.67. The number of anilines is 1. The van der Waals surface area contributed by atoms with Gasteiger partial charge in [-0.15, -0.1) is 0 Å². The summed E-state index contributed by atoms with van der Waals surface area (Å²) in [7, 11) is 1.60. The molecule has 0 spiro atoms. The van der Waals surface area contributed by atoms with E-state index in [4.69, 9.17) is 4.74 Å². The molecule has 1 aromatic rings. The minimum absolute atomic E-state index is 0.112. The highest BCUT2D eigenvalue weighted by Crippen LogP contribution is 2.26. The maximum atomic E-state index is 12.1. The molecule has 0 radical (unpaired) electrons. The second-order valence-corrected chi connectivity index (χ2v) is 6.16. The smallest absolute Gasteiger partial charge is 0.313 e. The van der Waals surface area contributed by atoms with Crippen LogP contribution in [0.4, 0.5) is 5.69 Å². The van der Waals surface area contributed by atoms with E-state index < -0.39 is 11.8 Å². The van der Waals surface area contributed by atoms with Gasteiger partial charge in [0.2, 0.25) is 0 Å². The second-order valence-electron chi connectivity index (χ2n) is 6.16. The van der Waals surface area contributed by atoms with Crippen LogP contribution in [0.1, 0.15) is 44.6 Å². The molecule has 2 rings (SSSR count). The van der Waals surface area contributed by atoms with Crippen molar-refractivity contribution in [3.8, 4) is 0 Å². The molecule has 0 bridgehead atoms. The van der Waals surface area contributed by atoms with Gasteiger partial charge in [-0.3, -0.25) is 9.59 Å². The van der Waals surface area contributed by atoms with Crippen LogP contribution < -0.4 is 10.6 Å². The Morgan fingerprint density at radius 2 is 2.00 bits per heavy atom. The molecule has 1 saturated carbocycles. The van der Waals surface area contributed by atoms with Crippen LogP contribution in [0.25, 0.3) is 0 Å². The fourth-order valence-corrected chi connectivity index (χ4v) is 3.15. The van der Waals surface area contributed by atoms with E-state index in [9.17, 15) is 9.59 Å². The molecule has 2 amide bonds. The number of carbonyl (C=O) groups is 2. The van der Waals surface area contributed by atoms with Crippen molar-refractivity contribution in [2.75, 3.05) is 12.4 Å². The van der Waals surface area contributed by atoms with Crippen molar-refractivity contribution in [1.82, 2.24) is 5.32 Å². The number of para-hydroxylation sites is 1. The summed E-state index contributed by atoms with van der Waals surface area (Å²) in [5.41, 5.74) is 1.46. The van der Waals surface area contributed by atoms with Crippen LogP contribution in [-0.4, -0.2) is 25.0 Å². The summed E-state index contributed by atoms with van der Waals surface area (Å²) < 4.78 is 5.10. The Balaban J connectivity index is 1.91. The number of hydrogen-bond donors (Lipinski definition) is 2. The molecule has 1 aliphatic carbocycles. The third-order valence-corrected chi connectivity index (χ3v) is 4.47. The molecular formula is C18H26N2O3. The van der Waals surface area contributed by atoms with E-state index in [2.05, 4.69) is 17.6 Å². The van der Waals surface area contributed by atoms with Crippen molar-refractivity contribution in [3.05, 3.63) is 29.8 Å². The molecule has 126 valence electrons.